The third-order valence-electron chi connectivity index (χ3n) is 5.75. The summed E-state index contributed by atoms with van der Waals surface area (Å²) in [6.45, 7) is 1.88. The number of carbonyl (C=O) groups excluding carboxylic acids is 2. The van der Waals surface area contributed by atoms with E-state index in [0.717, 1.165) is 0 Å². The fourth-order valence-corrected chi connectivity index (χ4v) is 3.71. The van der Waals surface area contributed by atoms with Gasteiger partial charge >= 0.3 is 12.0 Å². The fourth-order valence-electron chi connectivity index (χ4n) is 3.47. The maximum absolute atomic E-state index is 13.9. The molecule has 200 valence electrons. The van der Waals surface area contributed by atoms with Crippen molar-refractivity contribution in [2.75, 3.05) is 31.4 Å². The van der Waals surface area contributed by atoms with Crippen molar-refractivity contribution in [1.29, 1.82) is 0 Å². The van der Waals surface area contributed by atoms with Crippen molar-refractivity contribution in [1.82, 2.24) is 4.90 Å². The molecule has 11 heteroatoms. The molecule has 3 amide bonds. The number of ether oxygens (including phenoxy) is 2. The minimum absolute atomic E-state index is 0.00351. The number of halogens is 2. The number of carboxylic acids is 1. The van der Waals surface area contributed by atoms with Crippen LogP contribution in [0, 0.1) is 5.82 Å². The summed E-state index contributed by atoms with van der Waals surface area (Å²) in [7, 11) is 3.05. The van der Waals surface area contributed by atoms with Crippen molar-refractivity contribution >= 4 is 40.9 Å². The SMILES string of the molecule is COc1cccc(CC(=O)N(C)C(C)COc2ccc(C(=O)O)cc2Cl)c1NC(=O)Nc1ccccc1F. The quantitative estimate of drug-likeness (QED) is 0.319. The number of aromatic carboxylic acids is 1. The number of hydrogen-bond acceptors (Lipinski definition) is 5. The maximum Gasteiger partial charge on any atom is 0.335 e. The molecule has 1 unspecified atom stereocenters. The number of benzene rings is 3. The zero-order valence-corrected chi connectivity index (χ0v) is 21.7. The van der Waals surface area contributed by atoms with Crippen molar-refractivity contribution in [3.63, 3.8) is 0 Å². The Labute approximate surface area is 224 Å². The van der Waals surface area contributed by atoms with Crippen LogP contribution >= 0.6 is 11.6 Å². The first kappa shape index (κ1) is 28.3. The predicted molar refractivity (Wildman–Crippen MR) is 142 cm³/mol. The molecular weight excluding hydrogens is 517 g/mol. The molecule has 1 atom stereocenters. The Bertz CT molecular complexity index is 1340. The lowest BCUT2D eigenvalue weighted by Gasteiger charge is -2.26. The normalized spacial score (nSPS) is 11.3. The highest BCUT2D eigenvalue weighted by Crippen LogP contribution is 2.30. The van der Waals surface area contributed by atoms with Crippen molar-refractivity contribution in [2.24, 2.45) is 0 Å². The Kier molecular flexibility index (Phi) is 9.50. The molecule has 3 rings (SSSR count). The van der Waals surface area contributed by atoms with E-state index in [4.69, 9.17) is 26.2 Å². The van der Waals surface area contributed by atoms with Crippen LogP contribution in [0.1, 0.15) is 22.8 Å². The monoisotopic (exact) mass is 543 g/mol. The highest BCUT2D eigenvalue weighted by molar-refractivity contribution is 6.32. The molecular formula is C27H27ClFN3O6. The van der Waals surface area contributed by atoms with Crippen LogP contribution in [0.5, 0.6) is 11.5 Å². The lowest BCUT2D eigenvalue weighted by molar-refractivity contribution is -0.131. The van der Waals surface area contributed by atoms with E-state index in [9.17, 15) is 18.8 Å². The minimum Gasteiger partial charge on any atom is -0.495 e. The third-order valence-corrected chi connectivity index (χ3v) is 6.04. The van der Waals surface area contributed by atoms with E-state index in [-0.39, 0.29) is 46.9 Å². The van der Waals surface area contributed by atoms with Gasteiger partial charge in [0, 0.05) is 7.05 Å². The number of carboxylic acid groups (broad SMARTS) is 1. The van der Waals surface area contributed by atoms with E-state index in [1.165, 1.54) is 48.4 Å². The average Bonchev–Trinajstić information content (AvgIpc) is 2.89. The van der Waals surface area contributed by atoms with Gasteiger partial charge in [-0.2, -0.15) is 0 Å². The first-order valence-corrected chi connectivity index (χ1v) is 11.9. The van der Waals surface area contributed by atoms with E-state index in [1.807, 2.05) is 0 Å². The Balaban J connectivity index is 1.67. The second-order valence-electron chi connectivity index (χ2n) is 8.35. The second-order valence-corrected chi connectivity index (χ2v) is 8.75. The molecule has 3 N–H and O–H groups in total. The number of rotatable bonds is 10. The first-order valence-electron chi connectivity index (χ1n) is 11.5. The summed E-state index contributed by atoms with van der Waals surface area (Å²) in [5.41, 5.74) is 0.807. The summed E-state index contributed by atoms with van der Waals surface area (Å²) in [5, 5.41) is 14.3. The number of amides is 3. The highest BCUT2D eigenvalue weighted by Gasteiger charge is 2.21. The lowest BCUT2D eigenvalue weighted by Crippen LogP contribution is -2.39. The van der Waals surface area contributed by atoms with E-state index in [0.29, 0.717) is 17.1 Å². The molecule has 0 aliphatic carbocycles. The number of likely N-dealkylation sites (N-methyl/N-ethyl adjacent to an activating group) is 1. The summed E-state index contributed by atoms with van der Waals surface area (Å²) >= 11 is 6.11. The molecule has 0 aliphatic heterocycles. The molecule has 0 heterocycles. The molecule has 3 aromatic carbocycles. The molecule has 0 saturated carbocycles. The number of methoxy groups -OCH3 is 1. The largest absolute Gasteiger partial charge is 0.495 e. The van der Waals surface area contributed by atoms with E-state index in [1.54, 1.807) is 38.2 Å². The minimum atomic E-state index is -1.10. The van der Waals surface area contributed by atoms with E-state index in [2.05, 4.69) is 10.6 Å². The number of para-hydroxylation sites is 2. The van der Waals surface area contributed by atoms with Gasteiger partial charge in [0.15, 0.2) is 0 Å². The molecule has 9 nitrogen and oxygen atoms in total. The van der Waals surface area contributed by atoms with Gasteiger partial charge in [-0.15, -0.1) is 0 Å². The van der Waals surface area contributed by atoms with Gasteiger partial charge < -0.3 is 30.1 Å². The molecule has 0 spiro atoms. The molecule has 0 aromatic heterocycles. The second kappa shape index (κ2) is 12.8. The van der Waals surface area contributed by atoms with E-state index < -0.39 is 17.8 Å². The van der Waals surface area contributed by atoms with Crippen molar-refractivity contribution in [3.8, 4) is 11.5 Å². The maximum atomic E-state index is 13.9. The Morgan fingerprint density at radius 2 is 1.79 bits per heavy atom. The molecule has 0 fully saturated rings. The summed E-state index contributed by atoms with van der Waals surface area (Å²) in [4.78, 5) is 38.2. The van der Waals surface area contributed by atoms with Gasteiger partial charge in [0.05, 0.1) is 41.5 Å². The molecule has 3 aromatic rings. The summed E-state index contributed by atoms with van der Waals surface area (Å²) in [6.07, 6.45) is -0.0680. The van der Waals surface area contributed by atoms with Gasteiger partial charge in [0.2, 0.25) is 5.91 Å². The Hall–Kier alpha value is -4.31. The highest BCUT2D eigenvalue weighted by atomic mass is 35.5. The van der Waals surface area contributed by atoms with Crippen LogP contribution in [-0.2, 0) is 11.2 Å². The Morgan fingerprint density at radius 3 is 2.45 bits per heavy atom. The van der Waals surface area contributed by atoms with Gasteiger partial charge in [0.1, 0.15) is 23.9 Å². The van der Waals surface area contributed by atoms with Crippen LogP contribution in [0.3, 0.4) is 0 Å². The molecule has 0 bridgehead atoms. The molecule has 0 aliphatic rings. The number of urea groups is 1. The van der Waals surface area contributed by atoms with E-state index >= 15 is 0 Å². The molecule has 0 saturated heterocycles. The van der Waals surface area contributed by atoms with Gasteiger partial charge in [-0.1, -0.05) is 35.9 Å². The molecule has 38 heavy (non-hydrogen) atoms. The Morgan fingerprint density at radius 1 is 1.05 bits per heavy atom. The summed E-state index contributed by atoms with van der Waals surface area (Å²) in [5.74, 6) is -1.33. The average molecular weight is 544 g/mol. The number of nitrogens with zero attached hydrogens (tertiary/aromatic N) is 1. The van der Waals surface area contributed by atoms with Gasteiger partial charge in [0.25, 0.3) is 0 Å². The first-order chi connectivity index (χ1) is 18.1. The number of nitrogens with one attached hydrogen (secondary N) is 2. The predicted octanol–water partition coefficient (Wildman–Crippen LogP) is 5.30. The standard InChI is InChI=1S/C27H27ClFN3O6/c1-16(15-38-22-12-11-18(26(34)35)13-19(22)28)32(2)24(33)14-17-7-6-10-23(37-3)25(17)31-27(36)30-21-9-5-4-8-20(21)29/h4-13,16H,14-15H2,1-3H3,(H,34,35)(H2,30,31,36). The number of carbonyl (C=O) groups is 3. The van der Waals surface area contributed by atoms with Crippen LogP contribution in [0.25, 0.3) is 0 Å². The topological polar surface area (TPSA) is 117 Å². The lowest BCUT2D eigenvalue weighted by atomic mass is 10.1. The number of anilines is 2. The van der Waals surface area contributed by atoms with Gasteiger partial charge in [-0.3, -0.25) is 4.79 Å². The summed E-state index contributed by atoms with van der Waals surface area (Å²) in [6, 6.07) is 13.8. The zero-order valence-electron chi connectivity index (χ0n) is 21.0. The molecule has 0 radical (unpaired) electrons. The summed E-state index contributed by atoms with van der Waals surface area (Å²) < 4.78 is 25.0. The van der Waals surface area contributed by atoms with Gasteiger partial charge in [-0.05, 0) is 48.9 Å². The van der Waals surface area contributed by atoms with Crippen molar-refractivity contribution in [2.45, 2.75) is 19.4 Å². The van der Waals surface area contributed by atoms with Crippen LogP contribution < -0.4 is 20.1 Å². The van der Waals surface area contributed by atoms with Crippen molar-refractivity contribution < 1.29 is 33.4 Å². The fraction of sp³-hybridized carbons (Fsp3) is 0.222. The zero-order chi connectivity index (χ0) is 27.8. The van der Waals surface area contributed by atoms with Crippen LogP contribution in [-0.4, -0.2) is 54.7 Å². The smallest absolute Gasteiger partial charge is 0.335 e. The van der Waals surface area contributed by atoms with Crippen LogP contribution in [0.4, 0.5) is 20.6 Å². The van der Waals surface area contributed by atoms with Crippen molar-refractivity contribution in [3.05, 3.63) is 82.6 Å². The number of hydrogen-bond donors (Lipinski definition) is 3. The van der Waals surface area contributed by atoms with Gasteiger partial charge in [-0.25, -0.2) is 14.0 Å². The third kappa shape index (κ3) is 7.13. The van der Waals surface area contributed by atoms with Crippen LogP contribution in [0.2, 0.25) is 5.02 Å². The van der Waals surface area contributed by atoms with Crippen LogP contribution in [0.15, 0.2) is 60.7 Å².